The average Bonchev–Trinajstić information content (AvgIpc) is 2.47. The van der Waals surface area contributed by atoms with Crippen LogP contribution in [0.4, 0.5) is 0 Å². The Labute approximate surface area is 131 Å². The Hall–Kier alpha value is -0.660. The van der Waals surface area contributed by atoms with Crippen LogP contribution in [0.3, 0.4) is 0 Å². The molecule has 0 spiro atoms. The Balaban J connectivity index is 3.19. The first-order valence-electron chi connectivity index (χ1n) is 6.62. The lowest BCUT2D eigenvalue weighted by atomic mass is 10.2. The number of sulfonamides is 1. The summed E-state index contributed by atoms with van der Waals surface area (Å²) in [6.07, 6.45) is 0. The Bertz CT molecular complexity index is 536. The van der Waals surface area contributed by atoms with E-state index in [-0.39, 0.29) is 23.4 Å². The maximum Gasteiger partial charge on any atom is 0.243 e. The van der Waals surface area contributed by atoms with E-state index in [1.165, 1.54) is 4.31 Å². The summed E-state index contributed by atoms with van der Waals surface area (Å²) >= 11 is 5.86. The van der Waals surface area contributed by atoms with Gasteiger partial charge in [0.15, 0.2) is 0 Å². The van der Waals surface area contributed by atoms with Crippen molar-refractivity contribution in [1.82, 2.24) is 4.31 Å². The van der Waals surface area contributed by atoms with Crippen molar-refractivity contribution in [3.05, 3.63) is 29.8 Å². The lowest BCUT2D eigenvalue weighted by molar-refractivity contribution is 0.119. The van der Waals surface area contributed by atoms with E-state index in [9.17, 15) is 8.42 Å². The molecule has 0 heterocycles. The molecule has 0 saturated carbocycles. The van der Waals surface area contributed by atoms with Crippen LogP contribution >= 0.6 is 11.6 Å². The van der Waals surface area contributed by atoms with Crippen molar-refractivity contribution in [2.75, 3.05) is 34.0 Å². The zero-order valence-corrected chi connectivity index (χ0v) is 14.2. The number of halogens is 1. The molecule has 1 aromatic carbocycles. The third kappa shape index (κ3) is 4.66. The first kappa shape index (κ1) is 18.4. The number of benzene rings is 1. The van der Waals surface area contributed by atoms with E-state index >= 15 is 0 Å². The topological polar surface area (TPSA) is 55.8 Å². The molecule has 0 N–H and O–H groups in total. The minimum absolute atomic E-state index is 0.145. The van der Waals surface area contributed by atoms with Crippen molar-refractivity contribution in [1.29, 1.82) is 0 Å². The van der Waals surface area contributed by atoms with Gasteiger partial charge in [0, 0.05) is 32.7 Å². The van der Waals surface area contributed by atoms with E-state index in [0.29, 0.717) is 18.8 Å². The van der Waals surface area contributed by atoms with Gasteiger partial charge < -0.3 is 9.47 Å². The molecule has 120 valence electrons. The molecule has 1 aromatic rings. The molecule has 0 amide bonds. The van der Waals surface area contributed by atoms with E-state index in [2.05, 4.69) is 0 Å². The van der Waals surface area contributed by atoms with Crippen LogP contribution in [0.5, 0.6) is 0 Å². The second kappa shape index (κ2) is 8.70. The molecule has 1 rings (SSSR count). The van der Waals surface area contributed by atoms with Gasteiger partial charge in [0.1, 0.15) is 0 Å². The molecular formula is C14H22ClNO4S. The van der Waals surface area contributed by atoms with Gasteiger partial charge in [-0.05, 0) is 18.6 Å². The highest BCUT2D eigenvalue weighted by Crippen LogP contribution is 2.23. The Morgan fingerprint density at radius 2 is 1.90 bits per heavy atom. The Morgan fingerprint density at radius 1 is 1.24 bits per heavy atom. The zero-order valence-electron chi connectivity index (χ0n) is 12.6. The summed E-state index contributed by atoms with van der Waals surface area (Å²) < 4.78 is 37.3. The first-order valence-corrected chi connectivity index (χ1v) is 8.60. The summed E-state index contributed by atoms with van der Waals surface area (Å²) in [5.41, 5.74) is 0.589. The molecule has 1 atom stereocenters. The molecular weight excluding hydrogens is 314 g/mol. The number of rotatable bonds is 9. The highest BCUT2D eigenvalue weighted by Gasteiger charge is 2.30. The van der Waals surface area contributed by atoms with Crippen molar-refractivity contribution in [2.24, 2.45) is 0 Å². The third-order valence-electron chi connectivity index (χ3n) is 3.12. The second-order valence-corrected chi connectivity index (χ2v) is 6.78. The van der Waals surface area contributed by atoms with E-state index in [4.69, 9.17) is 21.1 Å². The number of hydrogen-bond acceptors (Lipinski definition) is 4. The maximum atomic E-state index is 12.9. The van der Waals surface area contributed by atoms with Gasteiger partial charge in [-0.3, -0.25) is 0 Å². The summed E-state index contributed by atoms with van der Waals surface area (Å²) in [6.45, 7) is 2.70. The van der Waals surface area contributed by atoms with E-state index in [1.807, 2.05) is 0 Å². The van der Waals surface area contributed by atoms with Crippen molar-refractivity contribution < 1.29 is 17.9 Å². The monoisotopic (exact) mass is 335 g/mol. The first-order chi connectivity index (χ1) is 9.98. The fourth-order valence-corrected chi connectivity index (χ4v) is 4.21. The minimum atomic E-state index is -3.65. The van der Waals surface area contributed by atoms with Gasteiger partial charge in [-0.15, -0.1) is 11.6 Å². The molecule has 7 heteroatoms. The SMILES string of the molecule is COCCN(C(C)COC)S(=O)(=O)c1ccccc1CCl. The van der Waals surface area contributed by atoms with Crippen LogP contribution < -0.4 is 0 Å². The van der Waals surface area contributed by atoms with E-state index in [0.717, 1.165) is 0 Å². The molecule has 0 aliphatic carbocycles. The van der Waals surface area contributed by atoms with E-state index < -0.39 is 10.0 Å². The quantitative estimate of drug-likeness (QED) is 0.648. The summed E-state index contributed by atoms with van der Waals surface area (Å²) in [6, 6.07) is 6.47. The molecule has 5 nitrogen and oxygen atoms in total. The fraction of sp³-hybridized carbons (Fsp3) is 0.571. The molecule has 21 heavy (non-hydrogen) atoms. The number of hydrogen-bond donors (Lipinski definition) is 0. The van der Waals surface area contributed by atoms with Crippen molar-refractivity contribution in [2.45, 2.75) is 23.7 Å². The lowest BCUT2D eigenvalue weighted by Gasteiger charge is -2.28. The van der Waals surface area contributed by atoms with Crippen LogP contribution in [-0.2, 0) is 25.4 Å². The number of nitrogens with zero attached hydrogens (tertiary/aromatic N) is 1. The van der Waals surface area contributed by atoms with Crippen LogP contribution in [0.25, 0.3) is 0 Å². The van der Waals surface area contributed by atoms with Gasteiger partial charge >= 0.3 is 0 Å². The predicted octanol–water partition coefficient (Wildman–Crippen LogP) is 2.10. The molecule has 0 fully saturated rings. The van der Waals surface area contributed by atoms with Crippen LogP contribution in [0.2, 0.25) is 0 Å². The van der Waals surface area contributed by atoms with Crippen LogP contribution in [0.1, 0.15) is 12.5 Å². The van der Waals surface area contributed by atoms with Crippen LogP contribution in [0, 0.1) is 0 Å². The average molecular weight is 336 g/mol. The van der Waals surface area contributed by atoms with Crippen LogP contribution in [0.15, 0.2) is 29.2 Å². The molecule has 0 aromatic heterocycles. The molecule has 1 unspecified atom stereocenters. The highest BCUT2D eigenvalue weighted by atomic mass is 35.5. The molecule has 0 saturated heterocycles. The van der Waals surface area contributed by atoms with Crippen molar-refractivity contribution in [3.8, 4) is 0 Å². The fourth-order valence-electron chi connectivity index (χ4n) is 2.08. The van der Waals surface area contributed by atoms with Gasteiger partial charge in [0.25, 0.3) is 0 Å². The van der Waals surface area contributed by atoms with Gasteiger partial charge in [0.05, 0.1) is 18.1 Å². The number of ether oxygens (including phenoxy) is 2. The highest BCUT2D eigenvalue weighted by molar-refractivity contribution is 7.89. The van der Waals surface area contributed by atoms with Gasteiger partial charge in [-0.25, -0.2) is 8.42 Å². The van der Waals surface area contributed by atoms with Crippen molar-refractivity contribution in [3.63, 3.8) is 0 Å². The summed E-state index contributed by atoms with van der Waals surface area (Å²) in [5.74, 6) is 0.145. The molecule has 0 aliphatic rings. The summed E-state index contributed by atoms with van der Waals surface area (Å²) in [7, 11) is -0.562. The second-order valence-electron chi connectivity index (χ2n) is 4.65. The molecule has 0 radical (unpaired) electrons. The van der Waals surface area contributed by atoms with Crippen molar-refractivity contribution >= 4 is 21.6 Å². The zero-order chi connectivity index (χ0) is 15.9. The maximum absolute atomic E-state index is 12.9. The van der Waals surface area contributed by atoms with Gasteiger partial charge in [-0.1, -0.05) is 18.2 Å². The van der Waals surface area contributed by atoms with Crippen LogP contribution in [-0.4, -0.2) is 52.7 Å². The summed E-state index contributed by atoms with van der Waals surface area (Å²) in [4.78, 5) is 0.235. The Morgan fingerprint density at radius 3 is 2.48 bits per heavy atom. The number of methoxy groups -OCH3 is 2. The lowest BCUT2D eigenvalue weighted by Crippen LogP contribution is -2.43. The minimum Gasteiger partial charge on any atom is -0.383 e. The van der Waals surface area contributed by atoms with E-state index in [1.54, 1.807) is 45.4 Å². The smallest absolute Gasteiger partial charge is 0.243 e. The van der Waals surface area contributed by atoms with Gasteiger partial charge in [0.2, 0.25) is 10.0 Å². The standard InChI is InChI=1S/C14H22ClNO4S/c1-12(11-20-3)16(8-9-19-2)21(17,18)14-7-5-4-6-13(14)10-15/h4-7,12H,8-11H2,1-3H3. The largest absolute Gasteiger partial charge is 0.383 e. The van der Waals surface area contributed by atoms with Gasteiger partial charge in [-0.2, -0.15) is 4.31 Å². The Kier molecular flexibility index (Phi) is 7.62. The molecule has 0 bridgehead atoms. The molecule has 0 aliphatic heterocycles. The number of alkyl halides is 1. The summed E-state index contributed by atoms with van der Waals surface area (Å²) in [5, 5.41) is 0. The third-order valence-corrected chi connectivity index (χ3v) is 5.52. The normalized spacial score (nSPS) is 13.6. The predicted molar refractivity (Wildman–Crippen MR) is 83.1 cm³/mol.